The Bertz CT molecular complexity index is 495. The molecule has 6 heteroatoms. The highest BCUT2D eigenvalue weighted by molar-refractivity contribution is 6.33. The molecule has 110 valence electrons. The molecular weight excluding hydrogens is 280 g/mol. The average Bonchev–Trinajstić information content (AvgIpc) is 2.43. The molecule has 0 aromatic carbocycles. The summed E-state index contributed by atoms with van der Waals surface area (Å²) >= 11 is 6.10. The molecule has 1 aliphatic rings. The molecular formula is C14H19ClN2O3. The molecule has 5 nitrogen and oxygen atoms in total. The Morgan fingerprint density at radius 1 is 1.55 bits per heavy atom. The average molecular weight is 299 g/mol. The van der Waals surface area contributed by atoms with Crippen LogP contribution in [0.25, 0.3) is 0 Å². The van der Waals surface area contributed by atoms with Crippen molar-refractivity contribution in [3.8, 4) is 5.88 Å². The normalized spacial score (nSPS) is 22.7. The Morgan fingerprint density at radius 2 is 2.30 bits per heavy atom. The van der Waals surface area contributed by atoms with Crippen molar-refractivity contribution in [2.24, 2.45) is 0 Å². The molecule has 1 aliphatic heterocycles. The van der Waals surface area contributed by atoms with Gasteiger partial charge < -0.3 is 14.4 Å². The Labute approximate surface area is 123 Å². The van der Waals surface area contributed by atoms with Gasteiger partial charge in [-0.1, -0.05) is 11.6 Å². The second-order valence-corrected chi connectivity index (χ2v) is 5.27. The van der Waals surface area contributed by atoms with Crippen LogP contribution in [-0.2, 0) is 4.74 Å². The predicted molar refractivity (Wildman–Crippen MR) is 76.3 cm³/mol. The first kappa shape index (κ1) is 15.1. The first-order chi connectivity index (χ1) is 9.52. The molecule has 0 saturated carbocycles. The van der Waals surface area contributed by atoms with E-state index in [9.17, 15) is 4.79 Å². The number of hydrogen-bond acceptors (Lipinski definition) is 4. The maximum atomic E-state index is 12.6. The molecule has 0 aliphatic carbocycles. The summed E-state index contributed by atoms with van der Waals surface area (Å²) in [6.45, 7) is 7.31. The van der Waals surface area contributed by atoms with Gasteiger partial charge >= 0.3 is 0 Å². The number of carbonyl (C=O) groups excluding carboxylic acids is 1. The van der Waals surface area contributed by atoms with Crippen molar-refractivity contribution < 1.29 is 14.3 Å². The summed E-state index contributed by atoms with van der Waals surface area (Å²) < 4.78 is 10.8. The minimum atomic E-state index is -0.181. The van der Waals surface area contributed by atoms with Gasteiger partial charge in [0.2, 0.25) is 5.88 Å². The molecule has 2 rings (SSSR count). The molecule has 2 atom stereocenters. The third kappa shape index (κ3) is 3.22. The Kier molecular flexibility index (Phi) is 4.83. The largest absolute Gasteiger partial charge is 0.478 e. The topological polar surface area (TPSA) is 51.7 Å². The standard InChI is InChI=1S/C14H19ClN2O3/c1-4-19-12-6-5-11(15)13(16-12)14(18)17-7-10(3)20-8-9(17)2/h5-6,9-10H,4,7-8H2,1-3H3. The van der Waals surface area contributed by atoms with Crippen LogP contribution in [0.5, 0.6) is 5.88 Å². The van der Waals surface area contributed by atoms with Crippen LogP contribution in [0.15, 0.2) is 12.1 Å². The minimum absolute atomic E-state index is 0.00677. The number of rotatable bonds is 3. The summed E-state index contributed by atoms with van der Waals surface area (Å²) in [5.41, 5.74) is 0.235. The van der Waals surface area contributed by atoms with E-state index in [2.05, 4.69) is 4.98 Å². The van der Waals surface area contributed by atoms with Crippen LogP contribution < -0.4 is 4.74 Å². The number of hydrogen-bond donors (Lipinski definition) is 0. The van der Waals surface area contributed by atoms with Crippen molar-refractivity contribution in [1.29, 1.82) is 0 Å². The number of halogens is 1. The number of morpholine rings is 1. The van der Waals surface area contributed by atoms with Crippen molar-refractivity contribution in [3.63, 3.8) is 0 Å². The van der Waals surface area contributed by atoms with E-state index < -0.39 is 0 Å². The fourth-order valence-electron chi connectivity index (χ4n) is 2.12. The van der Waals surface area contributed by atoms with Gasteiger partial charge in [0.15, 0.2) is 5.69 Å². The third-order valence-electron chi connectivity index (χ3n) is 3.18. The quantitative estimate of drug-likeness (QED) is 0.860. The van der Waals surface area contributed by atoms with E-state index in [0.717, 1.165) is 0 Å². The molecule has 20 heavy (non-hydrogen) atoms. The van der Waals surface area contributed by atoms with Crippen molar-refractivity contribution in [2.45, 2.75) is 32.9 Å². The van der Waals surface area contributed by atoms with E-state index in [0.29, 0.717) is 30.7 Å². The van der Waals surface area contributed by atoms with Crippen LogP contribution in [0.2, 0.25) is 5.02 Å². The molecule has 1 amide bonds. The van der Waals surface area contributed by atoms with Crippen LogP contribution >= 0.6 is 11.6 Å². The molecule has 2 heterocycles. The van der Waals surface area contributed by atoms with Crippen molar-refractivity contribution >= 4 is 17.5 Å². The van der Waals surface area contributed by atoms with Gasteiger partial charge in [-0.15, -0.1) is 0 Å². The van der Waals surface area contributed by atoms with Gasteiger partial charge in [0.25, 0.3) is 5.91 Å². The highest BCUT2D eigenvalue weighted by Gasteiger charge is 2.30. The number of amides is 1. The SMILES string of the molecule is CCOc1ccc(Cl)c(C(=O)N2CC(C)OCC2C)n1. The molecule has 0 bridgehead atoms. The zero-order chi connectivity index (χ0) is 14.7. The van der Waals surface area contributed by atoms with E-state index in [1.807, 2.05) is 20.8 Å². The van der Waals surface area contributed by atoms with Gasteiger partial charge in [-0.25, -0.2) is 4.98 Å². The van der Waals surface area contributed by atoms with Crippen molar-refractivity contribution in [1.82, 2.24) is 9.88 Å². The summed E-state index contributed by atoms with van der Waals surface area (Å²) in [7, 11) is 0. The number of carbonyl (C=O) groups is 1. The van der Waals surface area contributed by atoms with Gasteiger partial charge in [0.1, 0.15) is 0 Å². The van der Waals surface area contributed by atoms with Gasteiger partial charge in [-0.05, 0) is 26.8 Å². The first-order valence-corrected chi connectivity index (χ1v) is 7.12. The molecule has 1 aromatic rings. The van der Waals surface area contributed by atoms with E-state index in [-0.39, 0.29) is 23.7 Å². The van der Waals surface area contributed by atoms with Gasteiger partial charge in [0, 0.05) is 12.6 Å². The van der Waals surface area contributed by atoms with E-state index >= 15 is 0 Å². The first-order valence-electron chi connectivity index (χ1n) is 6.74. The highest BCUT2D eigenvalue weighted by atomic mass is 35.5. The fourth-order valence-corrected chi connectivity index (χ4v) is 2.31. The Morgan fingerprint density at radius 3 is 3.00 bits per heavy atom. The fraction of sp³-hybridized carbons (Fsp3) is 0.571. The van der Waals surface area contributed by atoms with E-state index in [1.54, 1.807) is 17.0 Å². The van der Waals surface area contributed by atoms with Crippen LogP contribution in [0.1, 0.15) is 31.3 Å². The number of pyridine rings is 1. The lowest BCUT2D eigenvalue weighted by Crippen LogP contribution is -2.50. The maximum absolute atomic E-state index is 12.6. The molecule has 0 radical (unpaired) electrons. The zero-order valence-electron chi connectivity index (χ0n) is 11.9. The monoisotopic (exact) mass is 298 g/mol. The summed E-state index contributed by atoms with van der Waals surface area (Å²) in [5.74, 6) is 0.230. The highest BCUT2D eigenvalue weighted by Crippen LogP contribution is 2.22. The predicted octanol–water partition coefficient (Wildman–Crippen LogP) is 2.38. The molecule has 1 saturated heterocycles. The lowest BCUT2D eigenvalue weighted by atomic mass is 10.2. The minimum Gasteiger partial charge on any atom is -0.478 e. The van der Waals surface area contributed by atoms with Crippen LogP contribution in [0.4, 0.5) is 0 Å². The van der Waals surface area contributed by atoms with Crippen LogP contribution in [-0.4, -0.2) is 47.7 Å². The molecule has 2 unspecified atom stereocenters. The van der Waals surface area contributed by atoms with Gasteiger partial charge in [0.05, 0.1) is 30.4 Å². The second-order valence-electron chi connectivity index (χ2n) is 4.86. The summed E-state index contributed by atoms with van der Waals surface area (Å²) in [6, 6.07) is 3.31. The van der Waals surface area contributed by atoms with Gasteiger partial charge in [-0.2, -0.15) is 0 Å². The lowest BCUT2D eigenvalue weighted by molar-refractivity contribution is -0.0389. The van der Waals surface area contributed by atoms with E-state index in [4.69, 9.17) is 21.1 Å². The smallest absolute Gasteiger partial charge is 0.274 e. The number of aromatic nitrogens is 1. The zero-order valence-corrected chi connectivity index (χ0v) is 12.7. The Balaban J connectivity index is 2.25. The van der Waals surface area contributed by atoms with Crippen LogP contribution in [0, 0.1) is 0 Å². The number of nitrogens with zero attached hydrogens (tertiary/aromatic N) is 2. The molecule has 1 fully saturated rings. The molecule has 0 N–H and O–H groups in total. The van der Waals surface area contributed by atoms with Crippen molar-refractivity contribution in [3.05, 3.63) is 22.8 Å². The van der Waals surface area contributed by atoms with Crippen LogP contribution in [0.3, 0.4) is 0 Å². The summed E-state index contributed by atoms with van der Waals surface area (Å²) in [4.78, 5) is 18.6. The Hall–Kier alpha value is -1.33. The summed E-state index contributed by atoms with van der Waals surface area (Å²) in [6.07, 6.45) is 0.0176. The maximum Gasteiger partial charge on any atom is 0.274 e. The second kappa shape index (κ2) is 6.41. The number of ether oxygens (including phenoxy) is 2. The third-order valence-corrected chi connectivity index (χ3v) is 3.49. The lowest BCUT2D eigenvalue weighted by Gasteiger charge is -2.36. The van der Waals surface area contributed by atoms with E-state index in [1.165, 1.54) is 0 Å². The molecule has 0 spiro atoms. The molecule has 1 aromatic heterocycles. The summed E-state index contributed by atoms with van der Waals surface area (Å²) in [5, 5.41) is 0.338. The van der Waals surface area contributed by atoms with Crippen molar-refractivity contribution in [2.75, 3.05) is 19.8 Å². The van der Waals surface area contributed by atoms with Gasteiger partial charge in [-0.3, -0.25) is 4.79 Å².